The first-order chi connectivity index (χ1) is 6.69. The van der Waals surface area contributed by atoms with Crippen LogP contribution in [0.15, 0.2) is 12.4 Å². The van der Waals surface area contributed by atoms with Gasteiger partial charge in [-0.2, -0.15) is 5.10 Å². The van der Waals surface area contributed by atoms with Gasteiger partial charge >= 0.3 is 5.97 Å². The molecule has 1 unspecified atom stereocenters. The van der Waals surface area contributed by atoms with Crippen LogP contribution in [0.2, 0.25) is 0 Å². The maximum atomic E-state index is 11.1. The number of ether oxygens (including phenoxy) is 2. The normalized spacial score (nSPS) is 12.5. The Hall–Kier alpha value is -1.36. The lowest BCUT2D eigenvalue weighted by Gasteiger charge is -2.09. The molecule has 0 radical (unpaired) electrons. The SMILES string of the molecule is COCC(C)n1cc(C(=O)OC)cn1. The van der Waals surface area contributed by atoms with Gasteiger partial charge in [0.25, 0.3) is 0 Å². The first-order valence-electron chi connectivity index (χ1n) is 4.30. The standard InChI is InChI=1S/C9H14N2O3/c1-7(6-13-2)11-5-8(4-10-11)9(12)14-3/h4-5,7H,6H2,1-3H3. The molecule has 14 heavy (non-hydrogen) atoms. The third-order valence-electron chi connectivity index (χ3n) is 1.88. The van der Waals surface area contributed by atoms with E-state index in [0.717, 1.165) is 0 Å². The second-order valence-corrected chi connectivity index (χ2v) is 3.00. The number of aromatic nitrogens is 2. The van der Waals surface area contributed by atoms with E-state index in [1.54, 1.807) is 18.0 Å². The molecule has 1 aromatic rings. The Morgan fingerprint density at radius 1 is 1.64 bits per heavy atom. The second kappa shape index (κ2) is 4.76. The number of nitrogens with zero attached hydrogens (tertiary/aromatic N) is 2. The molecule has 0 aromatic carbocycles. The van der Waals surface area contributed by atoms with Crippen molar-refractivity contribution in [2.24, 2.45) is 0 Å². The molecule has 0 saturated heterocycles. The van der Waals surface area contributed by atoms with Crippen LogP contribution in [0.3, 0.4) is 0 Å². The first kappa shape index (κ1) is 10.7. The molecule has 0 saturated carbocycles. The van der Waals surface area contributed by atoms with Crippen molar-refractivity contribution >= 4 is 5.97 Å². The van der Waals surface area contributed by atoms with Crippen molar-refractivity contribution in [2.45, 2.75) is 13.0 Å². The summed E-state index contributed by atoms with van der Waals surface area (Å²) in [4.78, 5) is 11.1. The Balaban J connectivity index is 2.72. The lowest BCUT2D eigenvalue weighted by molar-refractivity contribution is 0.0600. The van der Waals surface area contributed by atoms with Crippen LogP contribution in [-0.2, 0) is 9.47 Å². The topological polar surface area (TPSA) is 53.4 Å². The van der Waals surface area contributed by atoms with Crippen molar-refractivity contribution in [2.75, 3.05) is 20.8 Å². The summed E-state index contributed by atoms with van der Waals surface area (Å²) in [5.41, 5.74) is 0.454. The fraction of sp³-hybridized carbons (Fsp3) is 0.556. The van der Waals surface area contributed by atoms with Gasteiger partial charge in [-0.15, -0.1) is 0 Å². The minimum atomic E-state index is -0.374. The maximum absolute atomic E-state index is 11.1. The lowest BCUT2D eigenvalue weighted by Crippen LogP contribution is -2.11. The average molecular weight is 198 g/mol. The van der Waals surface area contributed by atoms with Gasteiger partial charge in [0.2, 0.25) is 0 Å². The molecule has 0 N–H and O–H groups in total. The van der Waals surface area contributed by atoms with E-state index in [9.17, 15) is 4.79 Å². The van der Waals surface area contributed by atoms with Gasteiger partial charge in [-0.1, -0.05) is 0 Å². The molecule has 1 heterocycles. The highest BCUT2D eigenvalue weighted by Crippen LogP contribution is 2.07. The van der Waals surface area contributed by atoms with Crippen LogP contribution in [0.1, 0.15) is 23.3 Å². The highest BCUT2D eigenvalue weighted by molar-refractivity contribution is 5.88. The van der Waals surface area contributed by atoms with Gasteiger partial charge in [0.05, 0.1) is 31.5 Å². The molecule has 0 spiro atoms. The van der Waals surface area contributed by atoms with Crippen LogP contribution in [0, 0.1) is 0 Å². The fourth-order valence-corrected chi connectivity index (χ4v) is 1.12. The average Bonchev–Trinajstić information content (AvgIpc) is 2.66. The highest BCUT2D eigenvalue weighted by Gasteiger charge is 2.11. The Morgan fingerprint density at radius 2 is 2.36 bits per heavy atom. The summed E-state index contributed by atoms with van der Waals surface area (Å²) in [7, 11) is 2.97. The molecule has 1 aromatic heterocycles. The van der Waals surface area contributed by atoms with Gasteiger partial charge in [0.15, 0.2) is 0 Å². The largest absolute Gasteiger partial charge is 0.465 e. The highest BCUT2D eigenvalue weighted by atomic mass is 16.5. The van der Waals surface area contributed by atoms with E-state index in [1.807, 2.05) is 6.92 Å². The maximum Gasteiger partial charge on any atom is 0.341 e. The minimum Gasteiger partial charge on any atom is -0.465 e. The minimum absolute atomic E-state index is 0.110. The van der Waals surface area contributed by atoms with Crippen molar-refractivity contribution < 1.29 is 14.3 Å². The Labute approximate surface area is 82.6 Å². The molecule has 0 aliphatic rings. The molecular weight excluding hydrogens is 184 g/mol. The van der Waals surface area contributed by atoms with E-state index in [4.69, 9.17) is 4.74 Å². The van der Waals surface area contributed by atoms with E-state index >= 15 is 0 Å². The van der Waals surface area contributed by atoms with E-state index in [2.05, 4.69) is 9.84 Å². The smallest absolute Gasteiger partial charge is 0.341 e. The molecule has 0 amide bonds. The first-order valence-corrected chi connectivity index (χ1v) is 4.30. The summed E-state index contributed by atoms with van der Waals surface area (Å²) in [5.74, 6) is -0.374. The molecule has 0 bridgehead atoms. The third-order valence-corrected chi connectivity index (χ3v) is 1.88. The van der Waals surface area contributed by atoms with Crippen LogP contribution in [0.25, 0.3) is 0 Å². The lowest BCUT2D eigenvalue weighted by atomic mass is 10.3. The molecule has 78 valence electrons. The van der Waals surface area contributed by atoms with Gasteiger partial charge in [-0.25, -0.2) is 4.79 Å². The van der Waals surface area contributed by atoms with Crippen molar-refractivity contribution in [3.05, 3.63) is 18.0 Å². The monoisotopic (exact) mass is 198 g/mol. The van der Waals surface area contributed by atoms with Crippen molar-refractivity contribution in [3.8, 4) is 0 Å². The van der Waals surface area contributed by atoms with Crippen LogP contribution in [-0.4, -0.2) is 36.6 Å². The summed E-state index contributed by atoms with van der Waals surface area (Å²) in [6.07, 6.45) is 3.13. The third kappa shape index (κ3) is 2.32. The second-order valence-electron chi connectivity index (χ2n) is 3.00. The molecule has 5 heteroatoms. The van der Waals surface area contributed by atoms with Crippen molar-refractivity contribution in [1.29, 1.82) is 0 Å². The molecular formula is C9H14N2O3. The van der Waals surface area contributed by atoms with Crippen LogP contribution < -0.4 is 0 Å². The number of carbonyl (C=O) groups is 1. The number of hydrogen-bond donors (Lipinski definition) is 0. The number of rotatable bonds is 4. The summed E-state index contributed by atoms with van der Waals surface area (Å²) < 4.78 is 11.2. The van der Waals surface area contributed by atoms with Gasteiger partial charge in [0, 0.05) is 13.3 Å². The van der Waals surface area contributed by atoms with Crippen LogP contribution >= 0.6 is 0 Å². The van der Waals surface area contributed by atoms with Gasteiger partial charge in [-0.3, -0.25) is 4.68 Å². The molecule has 5 nitrogen and oxygen atoms in total. The summed E-state index contributed by atoms with van der Waals surface area (Å²) in [6.45, 7) is 2.51. The van der Waals surface area contributed by atoms with E-state index in [-0.39, 0.29) is 12.0 Å². The van der Waals surface area contributed by atoms with Gasteiger partial charge in [-0.05, 0) is 6.92 Å². The summed E-state index contributed by atoms with van der Waals surface area (Å²) >= 11 is 0. The molecule has 0 aliphatic carbocycles. The zero-order valence-corrected chi connectivity index (χ0v) is 8.56. The molecule has 1 atom stereocenters. The quantitative estimate of drug-likeness (QED) is 0.674. The van der Waals surface area contributed by atoms with Crippen molar-refractivity contribution in [1.82, 2.24) is 9.78 Å². The van der Waals surface area contributed by atoms with Crippen LogP contribution in [0.4, 0.5) is 0 Å². The zero-order chi connectivity index (χ0) is 10.6. The number of carbonyl (C=O) groups excluding carboxylic acids is 1. The van der Waals surface area contributed by atoms with Gasteiger partial charge in [0.1, 0.15) is 0 Å². The van der Waals surface area contributed by atoms with Gasteiger partial charge < -0.3 is 9.47 Å². The summed E-state index contributed by atoms with van der Waals surface area (Å²) in [6, 6.07) is 0.110. The zero-order valence-electron chi connectivity index (χ0n) is 8.56. The predicted octanol–water partition coefficient (Wildman–Crippen LogP) is 0.877. The Morgan fingerprint density at radius 3 is 2.93 bits per heavy atom. The number of methoxy groups -OCH3 is 2. The predicted molar refractivity (Wildman–Crippen MR) is 50.2 cm³/mol. The molecule has 1 rings (SSSR count). The summed E-state index contributed by atoms with van der Waals surface area (Å²) in [5, 5.41) is 4.04. The van der Waals surface area contributed by atoms with Crippen LogP contribution in [0.5, 0.6) is 0 Å². The fourth-order valence-electron chi connectivity index (χ4n) is 1.12. The van der Waals surface area contributed by atoms with Crippen molar-refractivity contribution in [3.63, 3.8) is 0 Å². The van der Waals surface area contributed by atoms with E-state index < -0.39 is 0 Å². The number of hydrogen-bond acceptors (Lipinski definition) is 4. The van der Waals surface area contributed by atoms with E-state index in [0.29, 0.717) is 12.2 Å². The molecule has 0 aliphatic heterocycles. The Bertz CT molecular complexity index is 309. The number of esters is 1. The van der Waals surface area contributed by atoms with E-state index in [1.165, 1.54) is 13.3 Å². The molecule has 0 fully saturated rings. The Kier molecular flexibility index (Phi) is 3.64.